The standard InChI is InChI=1S/C14H23N3O2/c1-5-16-12-9-15-8-7-11(12)13(18)17(6-2)10-14(3,4)19/h7-9,16,19H,5-6,10H2,1-4H3. The van der Waals surface area contributed by atoms with Gasteiger partial charge >= 0.3 is 0 Å². The first-order valence-electron chi connectivity index (χ1n) is 6.58. The van der Waals surface area contributed by atoms with Crippen molar-refractivity contribution in [2.24, 2.45) is 0 Å². The van der Waals surface area contributed by atoms with Crippen molar-refractivity contribution in [1.82, 2.24) is 9.88 Å². The highest BCUT2D eigenvalue weighted by atomic mass is 16.3. The Kier molecular flexibility index (Phi) is 5.30. The van der Waals surface area contributed by atoms with E-state index in [1.165, 1.54) is 0 Å². The van der Waals surface area contributed by atoms with Crippen LogP contribution in [0.2, 0.25) is 0 Å². The summed E-state index contributed by atoms with van der Waals surface area (Å²) in [4.78, 5) is 18.2. The van der Waals surface area contributed by atoms with E-state index in [1.807, 2.05) is 13.8 Å². The Morgan fingerprint density at radius 3 is 2.68 bits per heavy atom. The summed E-state index contributed by atoms with van der Waals surface area (Å²) in [5.41, 5.74) is 0.406. The molecular weight excluding hydrogens is 242 g/mol. The Morgan fingerprint density at radius 2 is 2.16 bits per heavy atom. The summed E-state index contributed by atoms with van der Waals surface area (Å²) in [6.45, 7) is 8.84. The maximum atomic E-state index is 12.5. The largest absolute Gasteiger partial charge is 0.389 e. The Morgan fingerprint density at radius 1 is 1.47 bits per heavy atom. The second-order valence-corrected chi connectivity index (χ2v) is 5.08. The number of pyridine rings is 1. The van der Waals surface area contributed by atoms with Crippen LogP contribution in [0.15, 0.2) is 18.5 Å². The second-order valence-electron chi connectivity index (χ2n) is 5.08. The van der Waals surface area contributed by atoms with Gasteiger partial charge in [-0.25, -0.2) is 0 Å². The highest BCUT2D eigenvalue weighted by molar-refractivity contribution is 5.99. The third-order valence-corrected chi connectivity index (χ3v) is 2.67. The number of aromatic nitrogens is 1. The molecule has 0 bridgehead atoms. The van der Waals surface area contributed by atoms with Crippen molar-refractivity contribution >= 4 is 11.6 Å². The van der Waals surface area contributed by atoms with E-state index in [4.69, 9.17) is 0 Å². The smallest absolute Gasteiger partial charge is 0.256 e. The summed E-state index contributed by atoms with van der Waals surface area (Å²) in [7, 11) is 0. The molecule has 0 saturated carbocycles. The highest BCUT2D eigenvalue weighted by Crippen LogP contribution is 2.17. The Bertz CT molecular complexity index is 427. The van der Waals surface area contributed by atoms with Crippen molar-refractivity contribution in [2.75, 3.05) is 25.0 Å². The first-order chi connectivity index (χ1) is 8.89. The number of hydrogen-bond acceptors (Lipinski definition) is 4. The van der Waals surface area contributed by atoms with Gasteiger partial charge in [-0.3, -0.25) is 9.78 Å². The first-order valence-corrected chi connectivity index (χ1v) is 6.58. The second kappa shape index (κ2) is 6.52. The molecule has 0 spiro atoms. The fourth-order valence-electron chi connectivity index (χ4n) is 1.88. The third-order valence-electron chi connectivity index (χ3n) is 2.67. The van der Waals surface area contributed by atoms with Crippen LogP contribution >= 0.6 is 0 Å². The van der Waals surface area contributed by atoms with Gasteiger partial charge in [0, 0.05) is 25.8 Å². The number of carbonyl (C=O) groups excluding carboxylic acids is 1. The van der Waals surface area contributed by atoms with E-state index in [9.17, 15) is 9.90 Å². The molecule has 0 atom stereocenters. The van der Waals surface area contributed by atoms with Crippen LogP contribution in [-0.2, 0) is 0 Å². The molecule has 106 valence electrons. The van der Waals surface area contributed by atoms with Crippen LogP contribution in [0, 0.1) is 0 Å². The van der Waals surface area contributed by atoms with Crippen molar-refractivity contribution < 1.29 is 9.90 Å². The van der Waals surface area contributed by atoms with Gasteiger partial charge in [0.05, 0.1) is 23.0 Å². The molecule has 1 aromatic heterocycles. The molecule has 0 aliphatic rings. The lowest BCUT2D eigenvalue weighted by atomic mass is 10.1. The minimum absolute atomic E-state index is 0.0945. The van der Waals surface area contributed by atoms with Crippen LogP contribution in [-0.4, -0.2) is 46.1 Å². The molecule has 5 nitrogen and oxygen atoms in total. The molecule has 0 aromatic carbocycles. The molecule has 1 amide bonds. The number of carbonyl (C=O) groups is 1. The normalized spacial score (nSPS) is 11.2. The maximum absolute atomic E-state index is 12.5. The lowest BCUT2D eigenvalue weighted by Gasteiger charge is -2.28. The average molecular weight is 265 g/mol. The highest BCUT2D eigenvalue weighted by Gasteiger charge is 2.23. The van der Waals surface area contributed by atoms with Gasteiger partial charge in [-0.15, -0.1) is 0 Å². The number of hydrogen-bond donors (Lipinski definition) is 2. The van der Waals surface area contributed by atoms with Gasteiger partial charge in [0.15, 0.2) is 0 Å². The van der Waals surface area contributed by atoms with Crippen LogP contribution in [0.4, 0.5) is 5.69 Å². The fraction of sp³-hybridized carbons (Fsp3) is 0.571. The molecule has 5 heteroatoms. The summed E-state index contributed by atoms with van der Waals surface area (Å²) >= 11 is 0. The molecule has 1 heterocycles. The Balaban J connectivity index is 2.97. The van der Waals surface area contributed by atoms with Gasteiger partial charge in [0.1, 0.15) is 0 Å². The summed E-state index contributed by atoms with van der Waals surface area (Å²) in [5.74, 6) is -0.0945. The topological polar surface area (TPSA) is 65.5 Å². The minimum Gasteiger partial charge on any atom is -0.389 e. The summed E-state index contributed by atoms with van der Waals surface area (Å²) in [5, 5.41) is 13.0. The van der Waals surface area contributed by atoms with E-state index in [0.29, 0.717) is 18.7 Å². The number of aliphatic hydroxyl groups is 1. The first kappa shape index (κ1) is 15.4. The van der Waals surface area contributed by atoms with Crippen molar-refractivity contribution in [1.29, 1.82) is 0 Å². The number of nitrogens with zero attached hydrogens (tertiary/aromatic N) is 2. The molecule has 0 fully saturated rings. The Labute approximate surface area is 114 Å². The van der Waals surface area contributed by atoms with E-state index in [1.54, 1.807) is 37.2 Å². The molecule has 1 aromatic rings. The monoisotopic (exact) mass is 265 g/mol. The zero-order chi connectivity index (χ0) is 14.5. The molecule has 19 heavy (non-hydrogen) atoms. The van der Waals surface area contributed by atoms with E-state index < -0.39 is 5.60 Å². The summed E-state index contributed by atoms with van der Waals surface area (Å²) in [6, 6.07) is 1.70. The van der Waals surface area contributed by atoms with Gasteiger partial charge in [-0.1, -0.05) is 0 Å². The van der Waals surface area contributed by atoms with Crippen molar-refractivity contribution in [3.63, 3.8) is 0 Å². The van der Waals surface area contributed by atoms with Crippen LogP contribution in [0.5, 0.6) is 0 Å². The summed E-state index contributed by atoms with van der Waals surface area (Å²) < 4.78 is 0. The predicted molar refractivity (Wildman–Crippen MR) is 76.3 cm³/mol. The SMILES string of the molecule is CCNc1cnccc1C(=O)N(CC)CC(C)(C)O. The van der Waals surface area contributed by atoms with Crippen molar-refractivity contribution in [3.8, 4) is 0 Å². The van der Waals surface area contributed by atoms with Crippen LogP contribution < -0.4 is 5.32 Å². The zero-order valence-electron chi connectivity index (χ0n) is 12.1. The molecule has 1 rings (SSSR count). The van der Waals surface area contributed by atoms with Crippen molar-refractivity contribution in [2.45, 2.75) is 33.3 Å². The number of nitrogens with one attached hydrogen (secondary N) is 1. The lowest BCUT2D eigenvalue weighted by molar-refractivity contribution is 0.0315. The lowest BCUT2D eigenvalue weighted by Crippen LogP contribution is -2.42. The van der Waals surface area contributed by atoms with Gasteiger partial charge in [-0.2, -0.15) is 0 Å². The molecule has 0 saturated heterocycles. The quantitative estimate of drug-likeness (QED) is 0.822. The van der Waals surface area contributed by atoms with Gasteiger partial charge < -0.3 is 15.3 Å². The Hall–Kier alpha value is -1.62. The minimum atomic E-state index is -0.906. The number of rotatable bonds is 6. The van der Waals surface area contributed by atoms with E-state index >= 15 is 0 Å². The molecule has 2 N–H and O–H groups in total. The van der Waals surface area contributed by atoms with Crippen LogP contribution in [0.25, 0.3) is 0 Å². The zero-order valence-corrected chi connectivity index (χ0v) is 12.1. The number of likely N-dealkylation sites (N-methyl/N-ethyl adjacent to an activating group) is 1. The molecule has 0 aliphatic carbocycles. The average Bonchev–Trinajstić information content (AvgIpc) is 2.35. The van der Waals surface area contributed by atoms with E-state index in [2.05, 4.69) is 10.3 Å². The molecule has 0 unspecified atom stereocenters. The molecular formula is C14H23N3O2. The van der Waals surface area contributed by atoms with Gasteiger partial charge in [0.2, 0.25) is 0 Å². The van der Waals surface area contributed by atoms with E-state index in [-0.39, 0.29) is 5.91 Å². The van der Waals surface area contributed by atoms with Gasteiger partial charge in [0.25, 0.3) is 5.91 Å². The molecule has 0 aliphatic heterocycles. The number of anilines is 1. The number of amides is 1. The fourth-order valence-corrected chi connectivity index (χ4v) is 1.88. The third kappa shape index (κ3) is 4.52. The van der Waals surface area contributed by atoms with Crippen LogP contribution in [0.1, 0.15) is 38.1 Å². The van der Waals surface area contributed by atoms with Crippen molar-refractivity contribution in [3.05, 3.63) is 24.0 Å². The van der Waals surface area contributed by atoms with E-state index in [0.717, 1.165) is 12.2 Å². The summed E-state index contributed by atoms with van der Waals surface area (Å²) in [6.07, 6.45) is 3.25. The maximum Gasteiger partial charge on any atom is 0.256 e. The van der Waals surface area contributed by atoms with Crippen LogP contribution in [0.3, 0.4) is 0 Å². The van der Waals surface area contributed by atoms with Gasteiger partial charge in [-0.05, 0) is 33.8 Å². The molecule has 0 radical (unpaired) electrons. The predicted octanol–water partition coefficient (Wildman–Crippen LogP) is 1.75.